The lowest BCUT2D eigenvalue weighted by Gasteiger charge is -2.05. The van der Waals surface area contributed by atoms with Crippen molar-refractivity contribution in [3.05, 3.63) is 47.0 Å². The molecule has 6 nitrogen and oxygen atoms in total. The fourth-order valence-electron chi connectivity index (χ4n) is 2.25. The van der Waals surface area contributed by atoms with E-state index in [-0.39, 0.29) is 12.4 Å². The first-order valence-electron chi connectivity index (χ1n) is 6.89. The number of esters is 1. The summed E-state index contributed by atoms with van der Waals surface area (Å²) in [6, 6.07) is 3.55. The van der Waals surface area contributed by atoms with Gasteiger partial charge >= 0.3 is 5.97 Å². The second-order valence-electron chi connectivity index (χ2n) is 4.95. The second kappa shape index (κ2) is 6.43. The molecule has 2 aromatic rings. The van der Waals surface area contributed by atoms with Gasteiger partial charge in [-0.25, -0.2) is 4.79 Å². The van der Waals surface area contributed by atoms with E-state index in [1.165, 1.54) is 6.08 Å². The number of Topliss-reactive ketones (excluding diaryl/α,β-unsaturated/α-hetero) is 1. The third-order valence-electron chi connectivity index (χ3n) is 3.22. The zero-order chi connectivity index (χ0) is 16.3. The fourth-order valence-corrected chi connectivity index (χ4v) is 2.25. The van der Waals surface area contributed by atoms with Crippen LogP contribution in [0.1, 0.15) is 34.4 Å². The maximum atomic E-state index is 12.2. The summed E-state index contributed by atoms with van der Waals surface area (Å²) in [4.78, 5) is 23.5. The van der Waals surface area contributed by atoms with Crippen molar-refractivity contribution in [1.82, 2.24) is 9.72 Å². The molecule has 0 atom stereocenters. The van der Waals surface area contributed by atoms with Crippen LogP contribution in [-0.2, 0) is 9.53 Å². The first-order valence-corrected chi connectivity index (χ1v) is 6.89. The van der Waals surface area contributed by atoms with Crippen LogP contribution < -0.4 is 0 Å². The fraction of sp³-hybridized carbons (Fsp3) is 0.312. The summed E-state index contributed by atoms with van der Waals surface area (Å²) < 4.78 is 11.8. The highest BCUT2D eigenvalue weighted by Gasteiger charge is 2.19. The number of hydrogen-bond donors (Lipinski definition) is 0. The highest BCUT2D eigenvalue weighted by molar-refractivity contribution is 5.99. The number of ketones is 1. The molecule has 0 bridgehead atoms. The molecule has 116 valence electrons. The number of rotatable bonds is 5. The van der Waals surface area contributed by atoms with E-state index in [1.54, 1.807) is 32.1 Å². The lowest BCUT2D eigenvalue weighted by Crippen LogP contribution is -2.13. The first-order chi connectivity index (χ1) is 10.4. The molecule has 0 N–H and O–H groups in total. The van der Waals surface area contributed by atoms with Crippen molar-refractivity contribution in [2.24, 2.45) is 0 Å². The summed E-state index contributed by atoms with van der Waals surface area (Å²) in [6.07, 6.45) is 2.83. The molecule has 0 aliphatic rings. The molecule has 0 saturated carbocycles. The molecule has 0 aliphatic carbocycles. The topological polar surface area (TPSA) is 74.3 Å². The van der Waals surface area contributed by atoms with Crippen LogP contribution in [0.25, 0.3) is 5.82 Å². The van der Waals surface area contributed by atoms with Gasteiger partial charge in [0, 0.05) is 29.1 Å². The van der Waals surface area contributed by atoms with Gasteiger partial charge in [-0.1, -0.05) is 11.2 Å². The Bertz CT molecular complexity index is 737. The normalized spacial score (nSPS) is 11.1. The van der Waals surface area contributed by atoms with Gasteiger partial charge in [-0.2, -0.15) is 0 Å². The maximum absolute atomic E-state index is 12.2. The third-order valence-corrected chi connectivity index (χ3v) is 3.22. The van der Waals surface area contributed by atoms with E-state index in [0.29, 0.717) is 17.1 Å². The Balaban J connectivity index is 2.23. The predicted molar refractivity (Wildman–Crippen MR) is 80.1 cm³/mol. The van der Waals surface area contributed by atoms with E-state index in [4.69, 9.17) is 9.26 Å². The van der Waals surface area contributed by atoms with Crippen molar-refractivity contribution in [1.29, 1.82) is 0 Å². The zero-order valence-electron chi connectivity index (χ0n) is 13.0. The molecule has 2 rings (SSSR count). The minimum atomic E-state index is -0.531. The molecule has 0 aliphatic heterocycles. The summed E-state index contributed by atoms with van der Waals surface area (Å²) in [5.41, 5.74) is 2.10. The number of ether oxygens (including phenoxy) is 1. The number of carbonyl (C=O) groups is 2. The summed E-state index contributed by atoms with van der Waals surface area (Å²) >= 11 is 0. The lowest BCUT2D eigenvalue weighted by atomic mass is 10.1. The average molecular weight is 302 g/mol. The van der Waals surface area contributed by atoms with Crippen molar-refractivity contribution < 1.29 is 18.8 Å². The van der Waals surface area contributed by atoms with Crippen molar-refractivity contribution in [2.75, 3.05) is 6.61 Å². The minimum Gasteiger partial charge on any atom is -0.454 e. The van der Waals surface area contributed by atoms with Crippen LogP contribution in [0, 0.1) is 20.8 Å². The van der Waals surface area contributed by atoms with Gasteiger partial charge in [0.25, 0.3) is 0 Å². The molecule has 0 amide bonds. The van der Waals surface area contributed by atoms with E-state index in [9.17, 15) is 9.59 Å². The third kappa shape index (κ3) is 3.16. The second-order valence-corrected chi connectivity index (χ2v) is 4.95. The highest BCUT2D eigenvalue weighted by atomic mass is 16.5. The van der Waals surface area contributed by atoms with Gasteiger partial charge in [0.2, 0.25) is 5.78 Å². The van der Waals surface area contributed by atoms with Crippen molar-refractivity contribution in [2.45, 2.75) is 27.7 Å². The van der Waals surface area contributed by atoms with E-state index < -0.39 is 5.97 Å². The lowest BCUT2D eigenvalue weighted by molar-refractivity contribution is -0.136. The van der Waals surface area contributed by atoms with Crippen LogP contribution in [0.4, 0.5) is 0 Å². The summed E-state index contributed by atoms with van der Waals surface area (Å²) in [7, 11) is 0. The first kappa shape index (κ1) is 15.8. The smallest absolute Gasteiger partial charge is 0.330 e. The Hall–Kier alpha value is -2.63. The van der Waals surface area contributed by atoms with Crippen LogP contribution in [0.5, 0.6) is 0 Å². The molecular formula is C16H18N2O4. The average Bonchev–Trinajstić information content (AvgIpc) is 3.00. The minimum absolute atomic E-state index is 0.252. The van der Waals surface area contributed by atoms with E-state index >= 15 is 0 Å². The van der Waals surface area contributed by atoms with Gasteiger partial charge in [0.15, 0.2) is 12.4 Å². The Kier molecular flexibility index (Phi) is 4.60. The van der Waals surface area contributed by atoms with Crippen LogP contribution in [0.15, 0.2) is 28.8 Å². The zero-order valence-corrected chi connectivity index (χ0v) is 13.0. The molecule has 0 spiro atoms. The standard InChI is InChI=1S/C16H18N2O4/c1-5-6-16(20)21-9-14(19)13-7-10(2)18(12(13)4)15-8-11(3)22-17-15/h5-8H,9H2,1-4H3/b6-5+. The molecule has 6 heteroatoms. The highest BCUT2D eigenvalue weighted by Crippen LogP contribution is 2.21. The molecule has 0 fully saturated rings. The van der Waals surface area contributed by atoms with E-state index in [2.05, 4.69) is 5.16 Å². The Morgan fingerprint density at radius 1 is 1.32 bits per heavy atom. The van der Waals surface area contributed by atoms with Gasteiger partial charge in [0.05, 0.1) is 0 Å². The molecular weight excluding hydrogens is 284 g/mol. The van der Waals surface area contributed by atoms with Gasteiger partial charge in [-0.15, -0.1) is 0 Å². The van der Waals surface area contributed by atoms with Gasteiger partial charge < -0.3 is 9.26 Å². The largest absolute Gasteiger partial charge is 0.454 e. The van der Waals surface area contributed by atoms with E-state index in [1.807, 2.05) is 18.4 Å². The van der Waals surface area contributed by atoms with Crippen LogP contribution in [-0.4, -0.2) is 28.1 Å². The number of allylic oxidation sites excluding steroid dienone is 1. The van der Waals surface area contributed by atoms with Gasteiger partial charge in [-0.05, 0) is 33.8 Å². The number of nitrogens with zero attached hydrogens (tertiary/aromatic N) is 2. The Labute approximate surface area is 128 Å². The molecule has 22 heavy (non-hydrogen) atoms. The maximum Gasteiger partial charge on any atom is 0.330 e. The van der Waals surface area contributed by atoms with E-state index in [0.717, 1.165) is 11.4 Å². The SMILES string of the molecule is C/C=C/C(=O)OCC(=O)c1cc(C)n(-c2cc(C)on2)c1C. The summed E-state index contributed by atoms with van der Waals surface area (Å²) in [6.45, 7) is 6.91. The summed E-state index contributed by atoms with van der Waals surface area (Å²) in [5, 5.41) is 3.96. The number of hydrogen-bond acceptors (Lipinski definition) is 5. The van der Waals surface area contributed by atoms with Crippen LogP contribution >= 0.6 is 0 Å². The molecule has 0 unspecified atom stereocenters. The number of aromatic nitrogens is 2. The Morgan fingerprint density at radius 3 is 2.64 bits per heavy atom. The van der Waals surface area contributed by atoms with Crippen molar-refractivity contribution in [3.63, 3.8) is 0 Å². The number of aryl methyl sites for hydroxylation is 2. The molecule has 0 aromatic carbocycles. The van der Waals surface area contributed by atoms with Crippen molar-refractivity contribution in [3.8, 4) is 5.82 Å². The molecule has 0 radical (unpaired) electrons. The molecule has 2 aromatic heterocycles. The predicted octanol–water partition coefficient (Wildman–Crippen LogP) is 2.69. The van der Waals surface area contributed by atoms with Crippen LogP contribution in [0.2, 0.25) is 0 Å². The van der Waals surface area contributed by atoms with Gasteiger partial charge in [0.1, 0.15) is 5.76 Å². The summed E-state index contributed by atoms with van der Waals surface area (Å²) in [5.74, 6) is 0.530. The van der Waals surface area contributed by atoms with Crippen molar-refractivity contribution >= 4 is 11.8 Å². The molecule has 2 heterocycles. The number of carbonyl (C=O) groups excluding carboxylic acids is 2. The molecule has 0 saturated heterocycles. The monoisotopic (exact) mass is 302 g/mol. The van der Waals surface area contributed by atoms with Gasteiger partial charge in [-0.3, -0.25) is 9.36 Å². The quantitative estimate of drug-likeness (QED) is 0.482. The Morgan fingerprint density at radius 2 is 2.05 bits per heavy atom. The van der Waals surface area contributed by atoms with Crippen LogP contribution in [0.3, 0.4) is 0 Å².